The summed E-state index contributed by atoms with van der Waals surface area (Å²) in [5.41, 5.74) is -3.35. The Balaban J connectivity index is 2.64. The minimum atomic E-state index is -4.78. The predicted octanol–water partition coefficient (Wildman–Crippen LogP) is 4.31. The molecule has 1 aromatic heterocycles. The van der Waals surface area contributed by atoms with Gasteiger partial charge >= 0.3 is 6.18 Å². The maximum Gasteiger partial charge on any atom is 0.425 e. The molecular formula is C12H8BrF3OS. The van der Waals surface area contributed by atoms with Crippen molar-refractivity contribution in [3.8, 4) is 0 Å². The van der Waals surface area contributed by atoms with Crippen molar-refractivity contribution in [1.82, 2.24) is 0 Å². The van der Waals surface area contributed by atoms with E-state index in [4.69, 9.17) is 0 Å². The molecule has 6 heteroatoms. The Bertz CT molecular complexity index is 539. The fourth-order valence-electron chi connectivity index (χ4n) is 1.68. The molecule has 1 unspecified atom stereocenters. The summed E-state index contributed by atoms with van der Waals surface area (Å²) in [5.74, 6) is 0. The highest BCUT2D eigenvalue weighted by Crippen LogP contribution is 2.45. The van der Waals surface area contributed by atoms with Gasteiger partial charge in [0.2, 0.25) is 5.60 Å². The van der Waals surface area contributed by atoms with Crippen LogP contribution in [-0.4, -0.2) is 11.3 Å². The van der Waals surface area contributed by atoms with E-state index in [9.17, 15) is 18.3 Å². The van der Waals surface area contributed by atoms with Gasteiger partial charge in [0, 0.05) is 10.0 Å². The number of hydrogen-bond acceptors (Lipinski definition) is 2. The van der Waals surface area contributed by atoms with Crippen molar-refractivity contribution in [2.75, 3.05) is 0 Å². The van der Waals surface area contributed by atoms with Gasteiger partial charge in [0.05, 0.1) is 0 Å². The van der Waals surface area contributed by atoms with Gasteiger partial charge in [0.1, 0.15) is 0 Å². The Morgan fingerprint density at radius 3 is 2.33 bits per heavy atom. The maximum absolute atomic E-state index is 13.2. The second kappa shape index (κ2) is 4.68. The molecule has 0 saturated carbocycles. The molecule has 2 aromatic rings. The summed E-state index contributed by atoms with van der Waals surface area (Å²) in [6, 6.07) is 6.87. The number of alkyl halides is 3. The van der Waals surface area contributed by atoms with Gasteiger partial charge in [-0.2, -0.15) is 24.5 Å². The van der Waals surface area contributed by atoms with Crippen molar-refractivity contribution in [3.05, 3.63) is 56.7 Å². The average Bonchev–Trinajstić information content (AvgIpc) is 2.80. The van der Waals surface area contributed by atoms with E-state index in [1.807, 2.05) is 0 Å². The fraction of sp³-hybridized carbons (Fsp3) is 0.167. The quantitative estimate of drug-likeness (QED) is 0.866. The van der Waals surface area contributed by atoms with Crippen molar-refractivity contribution in [2.24, 2.45) is 0 Å². The van der Waals surface area contributed by atoms with Crippen molar-refractivity contribution in [1.29, 1.82) is 0 Å². The van der Waals surface area contributed by atoms with Gasteiger partial charge in [0.15, 0.2) is 0 Å². The monoisotopic (exact) mass is 336 g/mol. The van der Waals surface area contributed by atoms with E-state index in [-0.39, 0.29) is 11.1 Å². The second-order valence-electron chi connectivity index (χ2n) is 3.73. The van der Waals surface area contributed by atoms with Gasteiger partial charge < -0.3 is 5.11 Å². The lowest BCUT2D eigenvalue weighted by Crippen LogP contribution is -2.43. The molecule has 0 aliphatic rings. The second-order valence-corrected chi connectivity index (χ2v) is 5.43. The largest absolute Gasteiger partial charge is 0.425 e. The van der Waals surface area contributed by atoms with E-state index in [1.54, 1.807) is 6.07 Å². The van der Waals surface area contributed by atoms with E-state index >= 15 is 0 Å². The summed E-state index contributed by atoms with van der Waals surface area (Å²) in [5, 5.41) is 13.0. The first-order chi connectivity index (χ1) is 8.35. The predicted molar refractivity (Wildman–Crippen MR) is 67.5 cm³/mol. The summed E-state index contributed by atoms with van der Waals surface area (Å²) in [4.78, 5) is 0. The first-order valence-electron chi connectivity index (χ1n) is 4.93. The Labute approximate surface area is 114 Å². The lowest BCUT2D eigenvalue weighted by molar-refractivity contribution is -0.248. The van der Waals surface area contributed by atoms with Gasteiger partial charge in [0.25, 0.3) is 0 Å². The van der Waals surface area contributed by atoms with E-state index in [2.05, 4.69) is 15.9 Å². The van der Waals surface area contributed by atoms with Crippen LogP contribution in [-0.2, 0) is 5.60 Å². The summed E-state index contributed by atoms with van der Waals surface area (Å²) in [6.45, 7) is 0. The Morgan fingerprint density at radius 1 is 1.11 bits per heavy atom. The number of aliphatic hydroxyl groups is 1. The highest BCUT2D eigenvalue weighted by atomic mass is 79.9. The molecular weight excluding hydrogens is 329 g/mol. The topological polar surface area (TPSA) is 20.2 Å². The number of hydrogen-bond donors (Lipinski definition) is 1. The van der Waals surface area contributed by atoms with Crippen molar-refractivity contribution in [3.63, 3.8) is 0 Å². The summed E-state index contributed by atoms with van der Waals surface area (Å²) < 4.78 is 40.2. The number of rotatable bonds is 2. The van der Waals surface area contributed by atoms with Crippen molar-refractivity contribution >= 4 is 27.3 Å². The molecule has 1 aromatic carbocycles. The van der Waals surface area contributed by atoms with Crippen LogP contribution < -0.4 is 0 Å². The van der Waals surface area contributed by atoms with Crippen LogP contribution >= 0.6 is 27.3 Å². The molecule has 0 amide bonds. The molecule has 0 fully saturated rings. The fourth-order valence-corrected chi connectivity index (χ4v) is 2.78. The lowest BCUT2D eigenvalue weighted by atomic mass is 9.87. The van der Waals surface area contributed by atoms with E-state index in [0.29, 0.717) is 4.47 Å². The van der Waals surface area contributed by atoms with Gasteiger partial charge in [-0.05, 0) is 34.5 Å². The summed E-state index contributed by atoms with van der Waals surface area (Å²) >= 11 is 4.22. The Morgan fingerprint density at radius 2 is 1.83 bits per heavy atom. The highest BCUT2D eigenvalue weighted by Gasteiger charge is 2.56. The smallest absolute Gasteiger partial charge is 0.372 e. The third-order valence-corrected chi connectivity index (χ3v) is 3.77. The summed E-state index contributed by atoms with van der Waals surface area (Å²) in [6.07, 6.45) is -4.78. The molecule has 0 aliphatic heterocycles. The minimum absolute atomic E-state index is 0.168. The summed E-state index contributed by atoms with van der Waals surface area (Å²) in [7, 11) is 0. The average molecular weight is 337 g/mol. The Hall–Kier alpha value is -0.850. The third kappa shape index (κ3) is 2.20. The first kappa shape index (κ1) is 13.6. The molecule has 1 heterocycles. The first-order valence-corrected chi connectivity index (χ1v) is 6.67. The SMILES string of the molecule is OC(c1ccsc1)(c1cccc(Br)c1)C(F)(F)F. The van der Waals surface area contributed by atoms with Crippen LogP contribution in [0.15, 0.2) is 45.6 Å². The molecule has 0 spiro atoms. The van der Waals surface area contributed by atoms with Crippen LogP contribution in [0.1, 0.15) is 11.1 Å². The normalized spacial score (nSPS) is 15.4. The molecule has 0 aliphatic carbocycles. The van der Waals surface area contributed by atoms with Crippen LogP contribution in [0, 0.1) is 0 Å². The van der Waals surface area contributed by atoms with Crippen molar-refractivity contribution in [2.45, 2.75) is 11.8 Å². The van der Waals surface area contributed by atoms with E-state index in [1.165, 1.54) is 35.0 Å². The molecule has 2 rings (SSSR count). The molecule has 0 saturated heterocycles. The van der Waals surface area contributed by atoms with Crippen LogP contribution in [0.5, 0.6) is 0 Å². The molecule has 1 nitrogen and oxygen atoms in total. The number of halogens is 4. The van der Waals surface area contributed by atoms with Crippen LogP contribution in [0.25, 0.3) is 0 Å². The van der Waals surface area contributed by atoms with Gasteiger partial charge in [-0.3, -0.25) is 0 Å². The molecule has 1 atom stereocenters. The van der Waals surface area contributed by atoms with E-state index in [0.717, 1.165) is 11.3 Å². The zero-order chi connectivity index (χ0) is 13.4. The standard InChI is InChI=1S/C12H8BrF3OS/c13-10-3-1-2-8(6-10)11(17,12(14,15)16)9-4-5-18-7-9/h1-7,17H. The lowest BCUT2D eigenvalue weighted by Gasteiger charge is -2.30. The zero-order valence-electron chi connectivity index (χ0n) is 8.91. The molecule has 18 heavy (non-hydrogen) atoms. The molecule has 1 N–H and O–H groups in total. The minimum Gasteiger partial charge on any atom is -0.372 e. The number of thiophene rings is 1. The van der Waals surface area contributed by atoms with Crippen LogP contribution in [0.2, 0.25) is 0 Å². The van der Waals surface area contributed by atoms with Crippen LogP contribution in [0.4, 0.5) is 13.2 Å². The van der Waals surface area contributed by atoms with Crippen LogP contribution in [0.3, 0.4) is 0 Å². The highest BCUT2D eigenvalue weighted by molar-refractivity contribution is 9.10. The van der Waals surface area contributed by atoms with Gasteiger partial charge in [-0.1, -0.05) is 28.1 Å². The van der Waals surface area contributed by atoms with Gasteiger partial charge in [-0.25, -0.2) is 0 Å². The Kier molecular flexibility index (Phi) is 3.53. The zero-order valence-corrected chi connectivity index (χ0v) is 11.3. The maximum atomic E-state index is 13.2. The van der Waals surface area contributed by atoms with Crippen molar-refractivity contribution < 1.29 is 18.3 Å². The third-order valence-electron chi connectivity index (χ3n) is 2.59. The molecule has 0 radical (unpaired) electrons. The molecule has 0 bridgehead atoms. The number of benzene rings is 1. The molecule has 96 valence electrons. The van der Waals surface area contributed by atoms with E-state index < -0.39 is 11.8 Å². The van der Waals surface area contributed by atoms with Gasteiger partial charge in [-0.15, -0.1) is 0 Å².